The summed E-state index contributed by atoms with van der Waals surface area (Å²) in [5, 5.41) is 12.3. The number of rotatable bonds is 12. The van der Waals surface area contributed by atoms with Gasteiger partial charge in [0.05, 0.1) is 6.61 Å². The van der Waals surface area contributed by atoms with Crippen LogP contribution in [0, 0.1) is 0 Å². The molecule has 3 aromatic carbocycles. The largest absolute Gasteiger partial charge is 0.508 e. The second-order valence-electron chi connectivity index (χ2n) is 8.65. The molecule has 35 heavy (non-hydrogen) atoms. The molecular weight excluding hydrogens is 440 g/mol. The minimum absolute atomic E-state index is 0.224. The topological polar surface area (TPSA) is 102 Å². The predicted molar refractivity (Wildman–Crippen MR) is 138 cm³/mol. The van der Waals surface area contributed by atoms with Gasteiger partial charge in [-0.05, 0) is 79.1 Å². The number of esters is 1. The Morgan fingerprint density at radius 3 is 2.37 bits per heavy atom. The van der Waals surface area contributed by atoms with E-state index < -0.39 is 12.0 Å². The highest BCUT2D eigenvalue weighted by Gasteiger charge is 2.23. The van der Waals surface area contributed by atoms with Gasteiger partial charge in [-0.3, -0.25) is 4.79 Å². The van der Waals surface area contributed by atoms with Crippen LogP contribution in [0.1, 0.15) is 53.2 Å². The quantitative estimate of drug-likeness (QED) is 0.198. The van der Waals surface area contributed by atoms with Crippen molar-refractivity contribution in [3.8, 4) is 5.75 Å². The van der Waals surface area contributed by atoms with Crippen molar-refractivity contribution >= 4 is 17.6 Å². The van der Waals surface area contributed by atoms with Crippen LogP contribution in [-0.2, 0) is 28.8 Å². The number of phenols is 1. The Balaban J connectivity index is 1.68. The summed E-state index contributed by atoms with van der Waals surface area (Å²) in [7, 11) is 0. The number of carbonyl (C=O) groups excluding carboxylic acids is 2. The number of nitrogen functional groups attached to an aromatic ring is 1. The molecule has 0 aliphatic rings. The Morgan fingerprint density at radius 2 is 1.66 bits per heavy atom. The lowest BCUT2D eigenvalue weighted by atomic mass is 10.00. The van der Waals surface area contributed by atoms with E-state index in [0.717, 1.165) is 36.0 Å². The van der Waals surface area contributed by atoms with Gasteiger partial charge in [0.1, 0.15) is 11.8 Å². The van der Waals surface area contributed by atoms with E-state index in [2.05, 4.69) is 5.32 Å². The molecule has 0 fully saturated rings. The number of aromatic hydroxyl groups is 1. The molecule has 0 heterocycles. The number of amides is 1. The zero-order valence-electron chi connectivity index (χ0n) is 20.2. The van der Waals surface area contributed by atoms with Gasteiger partial charge in [-0.1, -0.05) is 55.8 Å². The molecule has 184 valence electrons. The molecule has 1 atom stereocenters. The lowest BCUT2D eigenvalue weighted by molar-refractivity contribution is -0.146. The van der Waals surface area contributed by atoms with Crippen molar-refractivity contribution in [1.29, 1.82) is 0 Å². The minimum atomic E-state index is -0.738. The van der Waals surface area contributed by atoms with E-state index in [1.165, 1.54) is 0 Å². The maximum Gasteiger partial charge on any atom is 0.328 e. The fourth-order valence-electron chi connectivity index (χ4n) is 3.77. The number of benzene rings is 3. The van der Waals surface area contributed by atoms with Gasteiger partial charge >= 0.3 is 5.97 Å². The summed E-state index contributed by atoms with van der Waals surface area (Å²) in [6.07, 6.45) is 4.17. The highest BCUT2D eigenvalue weighted by molar-refractivity contribution is 5.97. The first kappa shape index (κ1) is 25.8. The lowest BCUT2D eigenvalue weighted by Crippen LogP contribution is -2.42. The zero-order valence-corrected chi connectivity index (χ0v) is 20.2. The monoisotopic (exact) mass is 474 g/mol. The molecule has 0 saturated carbocycles. The molecule has 3 rings (SSSR count). The molecule has 6 heteroatoms. The van der Waals surface area contributed by atoms with Crippen molar-refractivity contribution in [2.45, 2.75) is 51.5 Å². The first-order valence-corrected chi connectivity index (χ1v) is 12.1. The Hall–Kier alpha value is -3.80. The normalized spacial score (nSPS) is 11.6. The molecule has 4 N–H and O–H groups in total. The van der Waals surface area contributed by atoms with Crippen molar-refractivity contribution in [2.75, 3.05) is 12.3 Å². The van der Waals surface area contributed by atoms with Gasteiger partial charge in [0.25, 0.3) is 5.91 Å². The van der Waals surface area contributed by atoms with Crippen LogP contribution in [0.2, 0.25) is 0 Å². The lowest BCUT2D eigenvalue weighted by Gasteiger charge is -2.18. The maximum absolute atomic E-state index is 13.1. The average molecular weight is 475 g/mol. The number of ether oxygens (including phenoxy) is 1. The van der Waals surface area contributed by atoms with Crippen LogP contribution in [0.4, 0.5) is 5.69 Å². The molecule has 0 aliphatic heterocycles. The van der Waals surface area contributed by atoms with Crippen LogP contribution < -0.4 is 11.1 Å². The summed E-state index contributed by atoms with van der Waals surface area (Å²) >= 11 is 0. The second-order valence-corrected chi connectivity index (χ2v) is 8.65. The molecule has 0 aromatic heterocycles. The molecule has 1 amide bonds. The van der Waals surface area contributed by atoms with Gasteiger partial charge in [0.2, 0.25) is 0 Å². The summed E-state index contributed by atoms with van der Waals surface area (Å²) in [5.74, 6) is -0.519. The standard InChI is InChI=1S/C29H34N2O4/c1-2-3-19-35-29(34)27(18-12-21-7-5-4-6-8-21)31-28(33)24-14-17-26(30)23(20-24)13-9-22-10-15-25(32)16-11-22/h4-8,10-11,14-17,20,27,32H,2-3,9,12-13,18-19,30H2,1H3,(H,31,33)/t27-/m0/s1. The number of aryl methyl sites for hydroxylation is 3. The number of hydrogen-bond acceptors (Lipinski definition) is 5. The Labute approximate surface area is 207 Å². The summed E-state index contributed by atoms with van der Waals surface area (Å²) in [4.78, 5) is 25.8. The van der Waals surface area contributed by atoms with Gasteiger partial charge in [-0.2, -0.15) is 0 Å². The van der Waals surface area contributed by atoms with Crippen molar-refractivity contribution in [1.82, 2.24) is 5.32 Å². The van der Waals surface area contributed by atoms with Gasteiger partial charge in [-0.15, -0.1) is 0 Å². The van der Waals surface area contributed by atoms with Crippen molar-refractivity contribution in [3.63, 3.8) is 0 Å². The minimum Gasteiger partial charge on any atom is -0.508 e. The van der Waals surface area contributed by atoms with Crippen LogP contribution in [-0.4, -0.2) is 29.6 Å². The van der Waals surface area contributed by atoms with E-state index in [9.17, 15) is 14.7 Å². The Kier molecular flexibility index (Phi) is 9.72. The molecule has 0 bridgehead atoms. The number of anilines is 1. The van der Waals surface area contributed by atoms with Gasteiger partial charge in [0, 0.05) is 11.3 Å². The van der Waals surface area contributed by atoms with E-state index in [4.69, 9.17) is 10.5 Å². The first-order valence-electron chi connectivity index (χ1n) is 12.1. The van der Waals surface area contributed by atoms with Crippen LogP contribution >= 0.6 is 0 Å². The van der Waals surface area contributed by atoms with E-state index in [-0.39, 0.29) is 11.7 Å². The van der Waals surface area contributed by atoms with Gasteiger partial charge in [-0.25, -0.2) is 4.79 Å². The Bertz CT molecular complexity index is 1100. The van der Waals surface area contributed by atoms with Crippen molar-refractivity contribution in [2.24, 2.45) is 0 Å². The molecule has 0 aliphatic carbocycles. The van der Waals surface area contributed by atoms with Gasteiger partial charge < -0.3 is 20.9 Å². The van der Waals surface area contributed by atoms with E-state index in [1.807, 2.05) is 49.4 Å². The number of hydrogen-bond donors (Lipinski definition) is 3. The fraction of sp³-hybridized carbons (Fsp3) is 0.310. The van der Waals surface area contributed by atoms with Crippen molar-refractivity contribution in [3.05, 3.63) is 95.1 Å². The van der Waals surface area contributed by atoms with Crippen LogP contribution in [0.25, 0.3) is 0 Å². The molecule has 0 radical (unpaired) electrons. The van der Waals surface area contributed by atoms with E-state index in [0.29, 0.717) is 37.1 Å². The Morgan fingerprint density at radius 1 is 0.943 bits per heavy atom. The summed E-state index contributed by atoms with van der Waals surface area (Å²) in [5.41, 5.74) is 10.2. The fourth-order valence-corrected chi connectivity index (χ4v) is 3.77. The maximum atomic E-state index is 13.1. The van der Waals surface area contributed by atoms with E-state index >= 15 is 0 Å². The third-order valence-electron chi connectivity index (χ3n) is 5.92. The summed E-state index contributed by atoms with van der Waals surface area (Å²) in [6, 6.07) is 21.3. The smallest absolute Gasteiger partial charge is 0.328 e. The molecule has 3 aromatic rings. The highest BCUT2D eigenvalue weighted by atomic mass is 16.5. The first-order chi connectivity index (χ1) is 17.0. The summed E-state index contributed by atoms with van der Waals surface area (Å²) in [6.45, 7) is 2.37. The molecule has 0 spiro atoms. The van der Waals surface area contributed by atoms with Crippen LogP contribution in [0.5, 0.6) is 5.75 Å². The van der Waals surface area contributed by atoms with Crippen LogP contribution in [0.15, 0.2) is 72.8 Å². The van der Waals surface area contributed by atoms with Crippen LogP contribution in [0.3, 0.4) is 0 Å². The third-order valence-corrected chi connectivity index (χ3v) is 5.92. The number of nitrogens with one attached hydrogen (secondary N) is 1. The molecular formula is C29H34N2O4. The molecule has 6 nitrogen and oxygen atoms in total. The second kappa shape index (κ2) is 13.2. The number of nitrogens with two attached hydrogens (primary N) is 1. The van der Waals surface area contributed by atoms with Gasteiger partial charge in [0.15, 0.2) is 0 Å². The highest BCUT2D eigenvalue weighted by Crippen LogP contribution is 2.19. The molecule has 0 unspecified atom stereocenters. The number of phenolic OH excluding ortho intramolecular Hbond substituents is 1. The SMILES string of the molecule is CCCCOC(=O)[C@H](CCc1ccccc1)NC(=O)c1ccc(N)c(CCc2ccc(O)cc2)c1. The third kappa shape index (κ3) is 8.18. The predicted octanol–water partition coefficient (Wildman–Crippen LogP) is 4.83. The molecule has 0 saturated heterocycles. The number of carbonyl (C=O) groups is 2. The number of unbranched alkanes of at least 4 members (excludes halogenated alkanes) is 1. The van der Waals surface area contributed by atoms with Crippen molar-refractivity contribution < 1.29 is 19.4 Å². The summed E-state index contributed by atoms with van der Waals surface area (Å²) < 4.78 is 5.42. The average Bonchev–Trinajstić information content (AvgIpc) is 2.87. The zero-order chi connectivity index (χ0) is 25.0. The van der Waals surface area contributed by atoms with E-state index in [1.54, 1.807) is 30.3 Å².